The number of rotatable bonds is 7. The van der Waals surface area contributed by atoms with Gasteiger partial charge in [0.15, 0.2) is 11.5 Å². The van der Waals surface area contributed by atoms with Crippen molar-refractivity contribution in [3.63, 3.8) is 0 Å². The van der Waals surface area contributed by atoms with Crippen LogP contribution in [0.2, 0.25) is 0 Å². The van der Waals surface area contributed by atoms with Crippen molar-refractivity contribution in [3.05, 3.63) is 35.4 Å². The van der Waals surface area contributed by atoms with Crippen LogP contribution in [0, 0.1) is 0 Å². The van der Waals surface area contributed by atoms with Gasteiger partial charge in [-0.3, -0.25) is 9.69 Å². The van der Waals surface area contributed by atoms with Gasteiger partial charge in [-0.2, -0.15) is 0 Å². The standard InChI is InChI=1S/C20H30N2O3/c1-5-24-20-14-18(6-7-19(20)25-13-8-16(2)3)15-21-9-11-22(12-10-21)17(4)23/h6-8,14H,5,9-13,15H2,1-4H3. The smallest absolute Gasteiger partial charge is 0.219 e. The molecule has 2 rings (SSSR count). The van der Waals surface area contributed by atoms with Gasteiger partial charge in [0.05, 0.1) is 6.61 Å². The van der Waals surface area contributed by atoms with Crippen LogP contribution >= 0.6 is 0 Å². The van der Waals surface area contributed by atoms with Crippen molar-refractivity contribution in [1.29, 1.82) is 0 Å². The van der Waals surface area contributed by atoms with Crippen LogP contribution in [0.25, 0.3) is 0 Å². The minimum absolute atomic E-state index is 0.163. The molecule has 0 radical (unpaired) electrons. The van der Waals surface area contributed by atoms with Gasteiger partial charge in [0, 0.05) is 39.6 Å². The molecule has 1 aromatic carbocycles. The molecular formula is C20H30N2O3. The SMILES string of the molecule is CCOc1cc(CN2CCN(C(C)=O)CC2)ccc1OCC=C(C)C. The fraction of sp³-hybridized carbons (Fsp3) is 0.550. The minimum atomic E-state index is 0.163. The molecule has 0 spiro atoms. The van der Waals surface area contributed by atoms with Crippen molar-refractivity contribution < 1.29 is 14.3 Å². The lowest BCUT2D eigenvalue weighted by Gasteiger charge is -2.34. The number of hydrogen-bond donors (Lipinski definition) is 0. The molecular weight excluding hydrogens is 316 g/mol. The highest BCUT2D eigenvalue weighted by atomic mass is 16.5. The van der Waals surface area contributed by atoms with Gasteiger partial charge >= 0.3 is 0 Å². The van der Waals surface area contributed by atoms with Gasteiger partial charge in [0.2, 0.25) is 5.91 Å². The summed E-state index contributed by atoms with van der Waals surface area (Å²) in [7, 11) is 0. The molecule has 0 bridgehead atoms. The molecule has 138 valence electrons. The molecule has 5 heteroatoms. The molecule has 0 unspecified atom stereocenters. The molecule has 0 aliphatic carbocycles. The minimum Gasteiger partial charge on any atom is -0.490 e. The number of carbonyl (C=O) groups excluding carboxylic acids is 1. The van der Waals surface area contributed by atoms with Crippen LogP contribution < -0.4 is 9.47 Å². The third kappa shape index (κ3) is 6.09. The summed E-state index contributed by atoms with van der Waals surface area (Å²) in [6.07, 6.45) is 2.05. The Hall–Kier alpha value is -2.01. The van der Waals surface area contributed by atoms with E-state index in [1.165, 1.54) is 11.1 Å². The van der Waals surface area contributed by atoms with E-state index in [1.54, 1.807) is 6.92 Å². The van der Waals surface area contributed by atoms with Crippen molar-refractivity contribution >= 4 is 5.91 Å². The summed E-state index contributed by atoms with van der Waals surface area (Å²) in [6.45, 7) is 13.2. The largest absolute Gasteiger partial charge is 0.490 e. The summed E-state index contributed by atoms with van der Waals surface area (Å²) in [6, 6.07) is 6.15. The van der Waals surface area contributed by atoms with E-state index in [9.17, 15) is 4.79 Å². The van der Waals surface area contributed by atoms with Crippen LogP contribution in [0.3, 0.4) is 0 Å². The van der Waals surface area contributed by atoms with Gasteiger partial charge < -0.3 is 14.4 Å². The number of piperazine rings is 1. The number of hydrogen-bond acceptors (Lipinski definition) is 4. The van der Waals surface area contributed by atoms with Gasteiger partial charge in [-0.1, -0.05) is 11.6 Å². The van der Waals surface area contributed by atoms with Gasteiger partial charge in [0.1, 0.15) is 6.61 Å². The fourth-order valence-corrected chi connectivity index (χ4v) is 2.82. The Kier molecular flexibility index (Phi) is 7.31. The van der Waals surface area contributed by atoms with E-state index in [4.69, 9.17) is 9.47 Å². The van der Waals surface area contributed by atoms with Gasteiger partial charge in [-0.05, 0) is 44.5 Å². The van der Waals surface area contributed by atoms with Crippen LogP contribution in [-0.2, 0) is 11.3 Å². The molecule has 1 aromatic rings. The zero-order valence-corrected chi connectivity index (χ0v) is 15.9. The normalized spacial score (nSPS) is 15.0. The Labute approximate surface area is 151 Å². The number of benzene rings is 1. The van der Waals surface area contributed by atoms with Crippen molar-refractivity contribution in [2.24, 2.45) is 0 Å². The maximum atomic E-state index is 11.4. The monoisotopic (exact) mass is 346 g/mol. The summed E-state index contributed by atoms with van der Waals surface area (Å²) in [5.74, 6) is 1.74. The first-order chi connectivity index (χ1) is 12.0. The average molecular weight is 346 g/mol. The Morgan fingerprint density at radius 2 is 1.80 bits per heavy atom. The Morgan fingerprint density at radius 3 is 2.40 bits per heavy atom. The lowest BCUT2D eigenvalue weighted by Crippen LogP contribution is -2.47. The number of amides is 1. The molecule has 25 heavy (non-hydrogen) atoms. The zero-order chi connectivity index (χ0) is 18.2. The van der Waals surface area contributed by atoms with Crippen molar-refractivity contribution in [2.45, 2.75) is 34.2 Å². The maximum absolute atomic E-state index is 11.4. The number of ether oxygens (including phenoxy) is 2. The molecule has 1 amide bonds. The number of nitrogens with zero attached hydrogens (tertiary/aromatic N) is 2. The molecule has 5 nitrogen and oxygen atoms in total. The second kappa shape index (κ2) is 9.47. The van der Waals surface area contributed by atoms with Crippen molar-refractivity contribution in [1.82, 2.24) is 9.80 Å². The number of carbonyl (C=O) groups is 1. The van der Waals surface area contributed by atoms with E-state index in [0.29, 0.717) is 13.2 Å². The van der Waals surface area contributed by atoms with E-state index >= 15 is 0 Å². The van der Waals surface area contributed by atoms with Gasteiger partial charge in [-0.15, -0.1) is 0 Å². The van der Waals surface area contributed by atoms with Crippen molar-refractivity contribution in [2.75, 3.05) is 39.4 Å². The predicted octanol–water partition coefficient (Wildman–Crippen LogP) is 3.09. The maximum Gasteiger partial charge on any atom is 0.219 e. The van der Waals surface area contributed by atoms with E-state index in [1.807, 2.05) is 17.9 Å². The van der Waals surface area contributed by atoms with Crippen LogP contribution in [0.4, 0.5) is 0 Å². The molecule has 1 saturated heterocycles. The van der Waals surface area contributed by atoms with E-state index < -0.39 is 0 Å². The Morgan fingerprint density at radius 1 is 1.08 bits per heavy atom. The van der Waals surface area contributed by atoms with Gasteiger partial charge in [0.25, 0.3) is 0 Å². The highest BCUT2D eigenvalue weighted by Gasteiger charge is 2.19. The molecule has 0 atom stereocenters. The molecule has 0 N–H and O–H groups in total. The molecule has 0 aromatic heterocycles. The van der Waals surface area contributed by atoms with Crippen LogP contribution in [0.5, 0.6) is 11.5 Å². The highest BCUT2D eigenvalue weighted by Crippen LogP contribution is 2.29. The molecule has 1 aliphatic heterocycles. The number of allylic oxidation sites excluding steroid dienone is 1. The van der Waals surface area contributed by atoms with E-state index in [0.717, 1.165) is 44.2 Å². The van der Waals surface area contributed by atoms with E-state index in [2.05, 4.69) is 37.0 Å². The van der Waals surface area contributed by atoms with Crippen LogP contribution in [0.15, 0.2) is 29.8 Å². The molecule has 1 heterocycles. The lowest BCUT2D eigenvalue weighted by atomic mass is 10.1. The molecule has 1 fully saturated rings. The van der Waals surface area contributed by atoms with Crippen LogP contribution in [-0.4, -0.2) is 55.1 Å². The third-order valence-corrected chi connectivity index (χ3v) is 4.26. The first kappa shape index (κ1) is 19.3. The van der Waals surface area contributed by atoms with E-state index in [-0.39, 0.29) is 5.91 Å². The summed E-state index contributed by atoms with van der Waals surface area (Å²) < 4.78 is 11.6. The molecule has 0 saturated carbocycles. The van der Waals surface area contributed by atoms with Crippen LogP contribution in [0.1, 0.15) is 33.3 Å². The Bertz CT molecular complexity index is 601. The van der Waals surface area contributed by atoms with Gasteiger partial charge in [-0.25, -0.2) is 0 Å². The summed E-state index contributed by atoms with van der Waals surface area (Å²) in [5, 5.41) is 0. The predicted molar refractivity (Wildman–Crippen MR) is 100 cm³/mol. The zero-order valence-electron chi connectivity index (χ0n) is 15.9. The summed E-state index contributed by atoms with van der Waals surface area (Å²) >= 11 is 0. The highest BCUT2D eigenvalue weighted by molar-refractivity contribution is 5.73. The second-order valence-electron chi connectivity index (χ2n) is 6.59. The molecule has 1 aliphatic rings. The topological polar surface area (TPSA) is 42.0 Å². The first-order valence-electron chi connectivity index (χ1n) is 8.99. The second-order valence-corrected chi connectivity index (χ2v) is 6.59. The lowest BCUT2D eigenvalue weighted by molar-refractivity contribution is -0.130. The quantitative estimate of drug-likeness (QED) is 0.712. The van der Waals surface area contributed by atoms with Crippen molar-refractivity contribution in [3.8, 4) is 11.5 Å². The fourth-order valence-electron chi connectivity index (χ4n) is 2.82. The summed E-state index contributed by atoms with van der Waals surface area (Å²) in [4.78, 5) is 15.7. The average Bonchev–Trinajstić information content (AvgIpc) is 2.57. The summed E-state index contributed by atoms with van der Waals surface area (Å²) in [5.41, 5.74) is 2.44. The first-order valence-corrected chi connectivity index (χ1v) is 8.99. The third-order valence-electron chi connectivity index (χ3n) is 4.26. The Balaban J connectivity index is 1.98.